The van der Waals surface area contributed by atoms with E-state index in [0.29, 0.717) is 21.5 Å². The molecule has 0 aliphatic carbocycles. The lowest BCUT2D eigenvalue weighted by Crippen LogP contribution is -2.44. The molecule has 118 valence electrons. The monoisotopic (exact) mass is 329 g/mol. The van der Waals surface area contributed by atoms with Gasteiger partial charge in [-0.2, -0.15) is 9.61 Å². The fourth-order valence-corrected chi connectivity index (χ4v) is 3.43. The van der Waals surface area contributed by atoms with Crippen LogP contribution in [-0.4, -0.2) is 45.8 Å². The Balaban J connectivity index is 1.79. The van der Waals surface area contributed by atoms with Crippen LogP contribution in [0.4, 0.5) is 11.5 Å². The van der Waals surface area contributed by atoms with Crippen molar-refractivity contribution in [1.29, 1.82) is 0 Å². The maximum absolute atomic E-state index is 12.3. The summed E-state index contributed by atoms with van der Waals surface area (Å²) in [4.78, 5) is 23.7. The third-order valence-electron chi connectivity index (χ3n) is 3.68. The molecule has 1 fully saturated rings. The fourth-order valence-electron chi connectivity index (χ4n) is 2.55. The summed E-state index contributed by atoms with van der Waals surface area (Å²) in [5.41, 5.74) is 6.92. The predicted octanol–water partition coefficient (Wildman–Crippen LogP) is 0.205. The molecule has 23 heavy (non-hydrogen) atoms. The smallest absolute Gasteiger partial charge is 0.277 e. The molecular formula is C14H15N7OS. The van der Waals surface area contributed by atoms with Crippen LogP contribution in [0, 0.1) is 0 Å². The van der Waals surface area contributed by atoms with E-state index in [4.69, 9.17) is 5.73 Å². The summed E-state index contributed by atoms with van der Waals surface area (Å²) in [6, 6.07) is 3.33. The van der Waals surface area contributed by atoms with Crippen LogP contribution in [0.2, 0.25) is 0 Å². The largest absolute Gasteiger partial charge is 0.397 e. The third-order valence-corrected chi connectivity index (χ3v) is 4.64. The summed E-state index contributed by atoms with van der Waals surface area (Å²) in [5.74, 6) is 0.706. The van der Waals surface area contributed by atoms with Crippen molar-refractivity contribution in [2.45, 2.75) is 0 Å². The molecule has 0 unspecified atom stereocenters. The summed E-state index contributed by atoms with van der Waals surface area (Å²) in [6.45, 7) is 3.47. The lowest BCUT2D eigenvalue weighted by Gasteiger charge is -2.27. The number of pyridine rings is 1. The zero-order chi connectivity index (χ0) is 15.8. The van der Waals surface area contributed by atoms with Gasteiger partial charge >= 0.3 is 0 Å². The van der Waals surface area contributed by atoms with Gasteiger partial charge in [-0.15, -0.1) is 0 Å². The highest BCUT2D eigenvalue weighted by atomic mass is 32.1. The Hall–Kier alpha value is -2.52. The Morgan fingerprint density at radius 1 is 1.22 bits per heavy atom. The van der Waals surface area contributed by atoms with Crippen molar-refractivity contribution in [3.63, 3.8) is 0 Å². The van der Waals surface area contributed by atoms with Crippen molar-refractivity contribution in [3.8, 4) is 10.6 Å². The number of hydrogen-bond acceptors (Lipinski definition) is 8. The van der Waals surface area contributed by atoms with Gasteiger partial charge in [0.25, 0.3) is 5.56 Å². The van der Waals surface area contributed by atoms with Gasteiger partial charge in [0.2, 0.25) is 4.96 Å². The van der Waals surface area contributed by atoms with Crippen molar-refractivity contribution >= 4 is 27.8 Å². The minimum Gasteiger partial charge on any atom is -0.397 e. The van der Waals surface area contributed by atoms with E-state index >= 15 is 0 Å². The molecule has 3 N–H and O–H groups in total. The molecular weight excluding hydrogens is 314 g/mol. The molecule has 0 atom stereocenters. The molecule has 0 amide bonds. The van der Waals surface area contributed by atoms with Crippen LogP contribution in [0.3, 0.4) is 0 Å². The van der Waals surface area contributed by atoms with E-state index in [2.05, 4.69) is 25.3 Å². The number of nitrogen functional groups attached to an aromatic ring is 1. The Morgan fingerprint density at radius 2 is 2.04 bits per heavy atom. The first-order valence-corrected chi connectivity index (χ1v) is 8.10. The maximum atomic E-state index is 12.3. The first-order chi connectivity index (χ1) is 11.2. The van der Waals surface area contributed by atoms with E-state index in [1.165, 1.54) is 15.9 Å². The normalized spacial score (nSPS) is 15.2. The number of rotatable bonds is 2. The second kappa shape index (κ2) is 5.60. The molecule has 4 heterocycles. The van der Waals surface area contributed by atoms with Gasteiger partial charge in [-0.3, -0.25) is 9.78 Å². The zero-order valence-electron chi connectivity index (χ0n) is 12.3. The quantitative estimate of drug-likeness (QED) is 0.693. The molecule has 4 rings (SSSR count). The van der Waals surface area contributed by atoms with E-state index in [1.807, 2.05) is 0 Å². The van der Waals surface area contributed by atoms with Crippen molar-refractivity contribution in [3.05, 3.63) is 34.9 Å². The van der Waals surface area contributed by atoms with Gasteiger partial charge in [0, 0.05) is 50.2 Å². The fraction of sp³-hybridized carbons (Fsp3) is 0.286. The summed E-state index contributed by atoms with van der Waals surface area (Å²) in [5, 5.41) is 8.30. The van der Waals surface area contributed by atoms with Crippen molar-refractivity contribution in [2.24, 2.45) is 0 Å². The lowest BCUT2D eigenvalue weighted by molar-refractivity contribution is 0.584. The van der Waals surface area contributed by atoms with E-state index in [9.17, 15) is 4.79 Å². The number of fused-ring (bicyclic) bond motifs is 1. The minimum atomic E-state index is -0.178. The number of piperazine rings is 1. The topological polar surface area (TPSA) is 101 Å². The van der Waals surface area contributed by atoms with Gasteiger partial charge < -0.3 is 16.0 Å². The molecule has 9 heteroatoms. The zero-order valence-corrected chi connectivity index (χ0v) is 13.1. The van der Waals surface area contributed by atoms with Gasteiger partial charge in [0.05, 0.1) is 5.69 Å². The average Bonchev–Trinajstić information content (AvgIpc) is 3.00. The Kier molecular flexibility index (Phi) is 3.43. The molecule has 3 aromatic rings. The molecule has 0 spiro atoms. The molecule has 0 radical (unpaired) electrons. The van der Waals surface area contributed by atoms with Crippen molar-refractivity contribution in [1.82, 2.24) is 24.9 Å². The number of nitrogens with one attached hydrogen (secondary N) is 1. The molecule has 1 aliphatic heterocycles. The van der Waals surface area contributed by atoms with E-state index < -0.39 is 0 Å². The predicted molar refractivity (Wildman–Crippen MR) is 89.9 cm³/mol. The average molecular weight is 329 g/mol. The number of nitrogens with zero attached hydrogens (tertiary/aromatic N) is 5. The Morgan fingerprint density at radius 3 is 2.83 bits per heavy atom. The molecule has 3 aromatic heterocycles. The summed E-state index contributed by atoms with van der Waals surface area (Å²) in [7, 11) is 0. The molecule has 1 saturated heterocycles. The van der Waals surface area contributed by atoms with Crippen LogP contribution in [0.25, 0.3) is 15.5 Å². The van der Waals surface area contributed by atoms with E-state index in [0.717, 1.165) is 31.7 Å². The molecule has 1 aliphatic rings. The van der Waals surface area contributed by atoms with Crippen LogP contribution >= 0.6 is 11.3 Å². The lowest BCUT2D eigenvalue weighted by atomic mass is 10.3. The Labute approximate surface area is 135 Å². The van der Waals surface area contributed by atoms with Crippen molar-refractivity contribution < 1.29 is 0 Å². The van der Waals surface area contributed by atoms with Gasteiger partial charge in [-0.1, -0.05) is 11.3 Å². The minimum absolute atomic E-state index is 0.178. The van der Waals surface area contributed by atoms with Crippen LogP contribution in [0.15, 0.2) is 29.3 Å². The third kappa shape index (κ3) is 2.64. The molecule has 0 bridgehead atoms. The number of nitrogens with two attached hydrogens (primary N) is 1. The van der Waals surface area contributed by atoms with Crippen LogP contribution in [0.1, 0.15) is 0 Å². The summed E-state index contributed by atoms with van der Waals surface area (Å²) >= 11 is 1.35. The standard InChI is InChI=1S/C14H15N7OS/c15-10-5-9(7-17-8-10)13-19-21-12(22)6-11(18-14(21)23-13)20-3-1-16-2-4-20/h5-8,16H,1-4,15H2. The highest BCUT2D eigenvalue weighted by Crippen LogP contribution is 2.25. The van der Waals surface area contributed by atoms with Gasteiger partial charge in [0.1, 0.15) is 10.8 Å². The van der Waals surface area contributed by atoms with E-state index in [-0.39, 0.29) is 5.56 Å². The first-order valence-electron chi connectivity index (χ1n) is 7.28. The van der Waals surface area contributed by atoms with Gasteiger partial charge in [-0.05, 0) is 6.07 Å². The van der Waals surface area contributed by atoms with Gasteiger partial charge in [-0.25, -0.2) is 4.98 Å². The summed E-state index contributed by atoms with van der Waals surface area (Å²) in [6.07, 6.45) is 3.25. The molecule has 0 saturated carbocycles. The number of anilines is 2. The van der Waals surface area contributed by atoms with Crippen LogP contribution in [-0.2, 0) is 0 Å². The molecule has 8 nitrogen and oxygen atoms in total. The number of hydrogen-bond donors (Lipinski definition) is 2. The Bertz CT molecular complexity index is 913. The number of aromatic nitrogens is 4. The van der Waals surface area contributed by atoms with E-state index in [1.54, 1.807) is 24.5 Å². The van der Waals surface area contributed by atoms with Gasteiger partial charge in [0.15, 0.2) is 0 Å². The summed E-state index contributed by atoms with van der Waals surface area (Å²) < 4.78 is 1.33. The second-order valence-electron chi connectivity index (χ2n) is 5.30. The van der Waals surface area contributed by atoms with Crippen molar-refractivity contribution in [2.75, 3.05) is 36.8 Å². The maximum Gasteiger partial charge on any atom is 0.277 e. The second-order valence-corrected chi connectivity index (χ2v) is 6.25. The van der Waals surface area contributed by atoms with Crippen LogP contribution in [0.5, 0.6) is 0 Å². The highest BCUT2D eigenvalue weighted by Gasteiger charge is 2.16. The van der Waals surface area contributed by atoms with Crippen LogP contribution < -0.4 is 21.5 Å². The molecule has 0 aromatic carbocycles. The first kappa shape index (κ1) is 14.1. The SMILES string of the molecule is Nc1cncc(-c2nn3c(=O)cc(N4CCNCC4)nc3s2)c1. The highest BCUT2D eigenvalue weighted by molar-refractivity contribution is 7.19.